The van der Waals surface area contributed by atoms with Gasteiger partial charge in [-0.05, 0) is 6.07 Å². The molecule has 18 heavy (non-hydrogen) atoms. The second kappa shape index (κ2) is 5.55. The lowest BCUT2D eigenvalue weighted by Gasteiger charge is -2.10. The predicted octanol–water partition coefficient (Wildman–Crippen LogP) is 2.46. The van der Waals surface area contributed by atoms with E-state index in [0.717, 1.165) is 0 Å². The molecule has 0 saturated heterocycles. The van der Waals surface area contributed by atoms with Crippen LogP contribution in [0.15, 0.2) is 30.6 Å². The molecular weight excluding hydrogens is 254 g/mol. The summed E-state index contributed by atoms with van der Waals surface area (Å²) in [5.41, 5.74) is 0.705. The van der Waals surface area contributed by atoms with Crippen molar-refractivity contribution in [2.24, 2.45) is 0 Å². The van der Waals surface area contributed by atoms with E-state index < -0.39 is 0 Å². The van der Waals surface area contributed by atoms with Crippen LogP contribution >= 0.6 is 11.6 Å². The topological polar surface area (TPSA) is 67.3 Å². The number of nitrogens with one attached hydrogen (secondary N) is 1. The van der Waals surface area contributed by atoms with Crippen LogP contribution < -0.4 is 10.1 Å². The highest BCUT2D eigenvalue weighted by molar-refractivity contribution is 6.29. The van der Waals surface area contributed by atoms with Crippen molar-refractivity contribution in [2.45, 2.75) is 6.54 Å². The number of anilines is 1. The first-order chi connectivity index (χ1) is 8.70. The summed E-state index contributed by atoms with van der Waals surface area (Å²) >= 11 is 5.72. The third kappa shape index (κ3) is 2.81. The summed E-state index contributed by atoms with van der Waals surface area (Å²) in [6, 6.07) is 5.29. The molecule has 0 radical (unpaired) electrons. The van der Waals surface area contributed by atoms with Crippen LogP contribution in [0.3, 0.4) is 0 Å². The SMILES string of the molecule is COc1cccc(CNc2cncc(Cl)n2)c1O. The number of rotatable bonds is 4. The van der Waals surface area contributed by atoms with E-state index in [2.05, 4.69) is 15.3 Å². The minimum atomic E-state index is 0.113. The fraction of sp³-hybridized carbons (Fsp3) is 0.167. The first-order valence-electron chi connectivity index (χ1n) is 5.27. The standard InChI is InChI=1S/C12H12ClN3O2/c1-18-9-4-2-3-8(12(9)17)5-15-11-7-14-6-10(13)16-11/h2-4,6-7,17H,5H2,1H3,(H,15,16). The number of hydrogen-bond donors (Lipinski definition) is 2. The Kier molecular flexibility index (Phi) is 3.84. The van der Waals surface area contributed by atoms with Crippen LogP contribution in [-0.2, 0) is 6.54 Å². The second-order valence-corrected chi connectivity index (χ2v) is 3.94. The van der Waals surface area contributed by atoms with Gasteiger partial charge < -0.3 is 15.2 Å². The van der Waals surface area contributed by atoms with E-state index in [4.69, 9.17) is 16.3 Å². The number of halogens is 1. The van der Waals surface area contributed by atoms with E-state index in [1.165, 1.54) is 13.3 Å². The smallest absolute Gasteiger partial charge is 0.162 e. The van der Waals surface area contributed by atoms with Crippen molar-refractivity contribution < 1.29 is 9.84 Å². The first kappa shape index (κ1) is 12.4. The molecule has 0 atom stereocenters. The molecular formula is C12H12ClN3O2. The molecule has 0 spiro atoms. The van der Waals surface area contributed by atoms with Gasteiger partial charge in [0.25, 0.3) is 0 Å². The van der Waals surface area contributed by atoms with Crippen molar-refractivity contribution in [3.05, 3.63) is 41.3 Å². The zero-order chi connectivity index (χ0) is 13.0. The van der Waals surface area contributed by atoms with Crippen LogP contribution in [0, 0.1) is 0 Å². The van der Waals surface area contributed by atoms with Crippen molar-refractivity contribution >= 4 is 17.4 Å². The summed E-state index contributed by atoms with van der Waals surface area (Å²) in [6.07, 6.45) is 3.01. The third-order valence-corrected chi connectivity index (χ3v) is 2.55. The lowest BCUT2D eigenvalue weighted by molar-refractivity contribution is 0.371. The van der Waals surface area contributed by atoms with Gasteiger partial charge in [0.05, 0.1) is 19.5 Å². The van der Waals surface area contributed by atoms with Gasteiger partial charge in [0.15, 0.2) is 11.5 Å². The fourth-order valence-corrected chi connectivity index (χ4v) is 1.64. The number of phenols is 1. The van der Waals surface area contributed by atoms with Crippen LogP contribution in [-0.4, -0.2) is 22.2 Å². The molecule has 5 nitrogen and oxygen atoms in total. The number of ether oxygens (including phenoxy) is 1. The van der Waals surface area contributed by atoms with Crippen molar-refractivity contribution in [2.75, 3.05) is 12.4 Å². The summed E-state index contributed by atoms with van der Waals surface area (Å²) in [5, 5.41) is 13.2. The number of phenolic OH excluding ortho intramolecular Hbond substituents is 1. The number of aromatic nitrogens is 2. The Bertz CT molecular complexity index is 549. The van der Waals surface area contributed by atoms with E-state index in [1.54, 1.807) is 24.4 Å². The monoisotopic (exact) mass is 265 g/mol. The molecule has 0 aliphatic carbocycles. The van der Waals surface area contributed by atoms with Crippen LogP contribution in [0.25, 0.3) is 0 Å². The number of para-hydroxylation sites is 1. The third-order valence-electron chi connectivity index (χ3n) is 2.37. The van der Waals surface area contributed by atoms with E-state index >= 15 is 0 Å². The van der Waals surface area contributed by atoms with Gasteiger partial charge in [-0.1, -0.05) is 23.7 Å². The minimum Gasteiger partial charge on any atom is -0.504 e. The highest BCUT2D eigenvalue weighted by Gasteiger charge is 2.07. The molecule has 0 bridgehead atoms. The average molecular weight is 266 g/mol. The Morgan fingerprint density at radius 2 is 2.22 bits per heavy atom. The molecule has 0 fully saturated rings. The fourth-order valence-electron chi connectivity index (χ4n) is 1.49. The minimum absolute atomic E-state index is 0.113. The Morgan fingerprint density at radius 3 is 2.94 bits per heavy atom. The van der Waals surface area contributed by atoms with Crippen LogP contribution in [0.5, 0.6) is 11.5 Å². The number of nitrogens with zero attached hydrogens (tertiary/aromatic N) is 2. The molecule has 2 aromatic rings. The number of aromatic hydroxyl groups is 1. The molecule has 0 aliphatic rings. The van der Waals surface area contributed by atoms with Gasteiger partial charge in [-0.3, -0.25) is 4.98 Å². The van der Waals surface area contributed by atoms with Crippen LogP contribution in [0.1, 0.15) is 5.56 Å². The van der Waals surface area contributed by atoms with Gasteiger partial charge in [-0.2, -0.15) is 0 Å². The molecule has 0 saturated carbocycles. The number of hydrogen-bond acceptors (Lipinski definition) is 5. The largest absolute Gasteiger partial charge is 0.504 e. The summed E-state index contributed by atoms with van der Waals surface area (Å²) < 4.78 is 5.03. The molecule has 1 heterocycles. The lowest BCUT2D eigenvalue weighted by Crippen LogP contribution is -2.02. The van der Waals surface area contributed by atoms with Gasteiger partial charge in [-0.15, -0.1) is 0 Å². The first-order valence-corrected chi connectivity index (χ1v) is 5.65. The van der Waals surface area contributed by atoms with E-state index in [1.807, 2.05) is 0 Å². The number of benzene rings is 1. The molecule has 0 unspecified atom stereocenters. The Morgan fingerprint density at radius 1 is 1.39 bits per heavy atom. The maximum absolute atomic E-state index is 9.89. The van der Waals surface area contributed by atoms with Crippen molar-refractivity contribution in [1.82, 2.24) is 9.97 Å². The summed E-state index contributed by atoms with van der Waals surface area (Å²) in [4.78, 5) is 7.95. The Balaban J connectivity index is 2.11. The van der Waals surface area contributed by atoms with Gasteiger partial charge in [0.2, 0.25) is 0 Å². The van der Waals surface area contributed by atoms with Crippen molar-refractivity contribution in [1.29, 1.82) is 0 Å². The van der Waals surface area contributed by atoms with Crippen LogP contribution in [0.4, 0.5) is 5.82 Å². The maximum Gasteiger partial charge on any atom is 0.162 e. The van der Waals surface area contributed by atoms with Gasteiger partial charge in [0.1, 0.15) is 11.0 Å². The molecule has 0 amide bonds. The normalized spacial score (nSPS) is 10.1. The van der Waals surface area contributed by atoms with Gasteiger partial charge >= 0.3 is 0 Å². The molecule has 1 aromatic heterocycles. The molecule has 1 aromatic carbocycles. The average Bonchev–Trinajstić information content (AvgIpc) is 2.38. The molecule has 6 heteroatoms. The number of methoxy groups -OCH3 is 1. The highest BCUT2D eigenvalue weighted by atomic mass is 35.5. The Hall–Kier alpha value is -2.01. The summed E-state index contributed by atoms with van der Waals surface area (Å²) in [7, 11) is 1.51. The Labute approximate surface area is 109 Å². The maximum atomic E-state index is 9.89. The molecule has 2 rings (SSSR count). The zero-order valence-corrected chi connectivity index (χ0v) is 10.5. The van der Waals surface area contributed by atoms with Gasteiger partial charge in [-0.25, -0.2) is 4.98 Å². The van der Waals surface area contributed by atoms with Crippen molar-refractivity contribution in [3.63, 3.8) is 0 Å². The zero-order valence-electron chi connectivity index (χ0n) is 9.72. The van der Waals surface area contributed by atoms with Crippen LogP contribution in [0.2, 0.25) is 5.15 Å². The summed E-state index contributed by atoms with van der Waals surface area (Å²) in [6.45, 7) is 0.401. The predicted molar refractivity (Wildman–Crippen MR) is 69.0 cm³/mol. The van der Waals surface area contributed by atoms with Gasteiger partial charge in [0, 0.05) is 12.1 Å². The molecule has 2 N–H and O–H groups in total. The molecule has 94 valence electrons. The summed E-state index contributed by atoms with van der Waals surface area (Å²) in [5.74, 6) is 1.10. The molecule has 0 aliphatic heterocycles. The quantitative estimate of drug-likeness (QED) is 0.889. The highest BCUT2D eigenvalue weighted by Crippen LogP contribution is 2.29. The lowest BCUT2D eigenvalue weighted by atomic mass is 10.2. The van der Waals surface area contributed by atoms with E-state index in [0.29, 0.717) is 28.8 Å². The van der Waals surface area contributed by atoms with Crippen molar-refractivity contribution in [3.8, 4) is 11.5 Å². The second-order valence-electron chi connectivity index (χ2n) is 3.55. The van der Waals surface area contributed by atoms with E-state index in [9.17, 15) is 5.11 Å². The van der Waals surface area contributed by atoms with E-state index in [-0.39, 0.29) is 5.75 Å².